The molecule has 23 radical (unpaired) electrons. The normalized spacial score (nSPS) is 9.44. The lowest BCUT2D eigenvalue weighted by molar-refractivity contribution is 3.27. The van der Waals surface area contributed by atoms with Gasteiger partial charge in [-0.25, -0.2) is 0 Å². The quantitative estimate of drug-likeness (QED) is 0.314. The number of rotatable bonds is 12. The summed E-state index contributed by atoms with van der Waals surface area (Å²) in [6, 6.07) is 0. The molecule has 0 saturated heterocycles. The molecule has 0 aromatic carbocycles. The zero-order valence-corrected chi connectivity index (χ0v) is 13.9. The molecule has 0 bridgehead atoms. The van der Waals surface area contributed by atoms with Crippen molar-refractivity contribution in [2.24, 2.45) is 0 Å². The standard InChI is InChI=1S/B27H9/c1-15-22(14)26(23(16(2)3)17(4)5)27(24(18(6)7)19(8)9)25(20(10)11)21(12)13/h1-3H3/q-3. The van der Waals surface area contributed by atoms with E-state index in [1.165, 1.54) is 0 Å². The molecular formula is H9B27-3. The molecule has 27 heteroatoms. The highest BCUT2D eigenvalue weighted by molar-refractivity contribution is 8.25. The van der Waals surface area contributed by atoms with Gasteiger partial charge in [-0.2, -0.15) is 7.06 Å². The predicted octanol–water partition coefficient (Wildman–Crippen LogP) is -12.7. The van der Waals surface area contributed by atoms with E-state index in [1.807, 2.05) is 0 Å². The Morgan fingerprint density at radius 1 is 0.444 bits per heavy atom. The first-order valence-electron chi connectivity index (χ1n) is 7.67. The molecule has 0 aromatic rings. The van der Waals surface area contributed by atoms with Crippen LogP contribution in [0.25, 0.3) is 0 Å². The van der Waals surface area contributed by atoms with Gasteiger partial charge in [0.05, 0.1) is 0 Å². The van der Waals surface area contributed by atoms with E-state index < -0.39 is 44.7 Å². The second-order valence-corrected chi connectivity index (χ2v) is 6.35. The summed E-state index contributed by atoms with van der Waals surface area (Å²) in [5, 5.41) is 0. The zero-order chi connectivity index (χ0) is 21.6. The van der Waals surface area contributed by atoms with Gasteiger partial charge in [0.25, 0.3) is 0 Å². The fourth-order valence-electron chi connectivity index (χ4n) is 3.34. The van der Waals surface area contributed by atoms with Crippen LogP contribution in [0.4, 0.5) is 0 Å². The lowest BCUT2D eigenvalue weighted by atomic mass is 8.33. The Labute approximate surface area is 191 Å². The molecule has 0 aliphatic carbocycles. The first kappa shape index (κ1) is 28.8. The number of hydrogen-bond donors (Lipinski definition) is 0. The van der Waals surface area contributed by atoms with Gasteiger partial charge in [-0.15, -0.1) is 15.5 Å². The summed E-state index contributed by atoms with van der Waals surface area (Å²) in [4.78, 5) is 0. The van der Waals surface area contributed by atoms with E-state index in [0.29, 0.717) is 6.39 Å². The van der Waals surface area contributed by atoms with Gasteiger partial charge in [-0.3, -0.25) is 6.39 Å². The Kier molecular flexibility index (Phi) is 14.1. The van der Waals surface area contributed by atoms with Crippen LogP contribution in [0.5, 0.6) is 0 Å². The van der Waals surface area contributed by atoms with Gasteiger partial charge >= 0.3 is 0 Å². The minimum Gasteiger partial charge on any atom is -0.262 e. The highest BCUT2D eigenvalue weighted by Crippen LogP contribution is 2.12. The molecule has 0 spiro atoms. The second kappa shape index (κ2) is 13.2. The van der Waals surface area contributed by atoms with Crippen molar-refractivity contribution in [1.29, 1.82) is 0 Å². The van der Waals surface area contributed by atoms with Crippen LogP contribution in [0.15, 0.2) is 0 Å². The molecule has 0 saturated carbocycles. The first-order chi connectivity index (χ1) is 12.3. The van der Waals surface area contributed by atoms with Crippen LogP contribution in [0.2, 0.25) is 0 Å². The smallest absolute Gasteiger partial charge is 0.000000000137 e. The average molecular weight is 301 g/mol. The van der Waals surface area contributed by atoms with E-state index in [9.17, 15) is 0 Å². The third-order valence-electron chi connectivity index (χ3n) is 4.44. The molecule has 0 aromatic heterocycles. The van der Waals surface area contributed by atoms with Crippen molar-refractivity contribution < 1.29 is 0 Å². The van der Waals surface area contributed by atoms with Crippen molar-refractivity contribution >= 4 is 192 Å². The third kappa shape index (κ3) is 8.07. The molecular weight excluding hydrogens is 292 g/mol. The summed E-state index contributed by atoms with van der Waals surface area (Å²) in [5.41, 5.74) is 0. The summed E-state index contributed by atoms with van der Waals surface area (Å²) < 4.78 is 0. The Balaban J connectivity index is 6.66. The summed E-state index contributed by atoms with van der Waals surface area (Å²) in [6.07, 6.45) is -4.98. The average Bonchev–Trinajstić information content (AvgIpc) is 2.48. The summed E-state index contributed by atoms with van der Waals surface area (Å²) in [6.45, 7) is 0. The maximum Gasteiger partial charge on any atom is -0.000000000137 e. The Morgan fingerprint density at radius 2 is 0.741 bits per heavy atom. The molecule has 0 aliphatic heterocycles. The van der Waals surface area contributed by atoms with Crippen LogP contribution in [-0.2, 0) is 0 Å². The van der Waals surface area contributed by atoms with Crippen LogP contribution in [0.3, 0.4) is 0 Å². The molecule has 0 unspecified atom stereocenters. The fourth-order valence-corrected chi connectivity index (χ4v) is 3.34. The van der Waals surface area contributed by atoms with Crippen LogP contribution in [-0.4, -0.2) is 192 Å². The van der Waals surface area contributed by atoms with Crippen LogP contribution < -0.4 is 0 Å². The first-order valence-corrected chi connectivity index (χ1v) is 7.67. The van der Waals surface area contributed by atoms with E-state index >= 15 is 0 Å². The highest BCUT2D eigenvalue weighted by Gasteiger charge is 2.48. The Morgan fingerprint density at radius 3 is 0.926 bits per heavy atom. The topological polar surface area (TPSA) is 0 Å². The monoisotopic (exact) mass is 306 g/mol. The maximum atomic E-state index is 6.60. The van der Waals surface area contributed by atoms with Gasteiger partial charge in [0.1, 0.15) is 0 Å². The third-order valence-corrected chi connectivity index (χ3v) is 4.44. The molecule has 0 heterocycles. The fraction of sp³-hybridized carbons (Fsp3) is 0. The van der Waals surface area contributed by atoms with Gasteiger partial charge in [0.15, 0.2) is 0 Å². The predicted molar refractivity (Wildman–Crippen MR) is 168 cm³/mol. The van der Waals surface area contributed by atoms with Gasteiger partial charge in [-0.05, 0) is 149 Å². The van der Waals surface area contributed by atoms with Gasteiger partial charge in [0.2, 0.25) is 0 Å². The van der Waals surface area contributed by atoms with Crippen LogP contribution in [0.1, 0.15) is 0 Å². The highest BCUT2D eigenvalue weighted by atomic mass is 13.3. The second-order valence-electron chi connectivity index (χ2n) is 6.35. The van der Waals surface area contributed by atoms with Gasteiger partial charge in [-0.1, -0.05) is 14.1 Å². The van der Waals surface area contributed by atoms with Gasteiger partial charge < -0.3 is 0 Å². The van der Waals surface area contributed by atoms with Crippen molar-refractivity contribution in [3.8, 4) is 0 Å². The maximum absolute atomic E-state index is 6.60. The van der Waals surface area contributed by atoms with Crippen molar-refractivity contribution in [2.45, 2.75) is 0 Å². The molecule has 0 aliphatic rings. The summed E-state index contributed by atoms with van der Waals surface area (Å²) >= 11 is 0. The Bertz CT molecular complexity index is 329. The SMILES string of the molecule is [B]B([B])B(B([B])[B])B(B(B([B])[B])B([B])[B])B(B([B])[B][BH3-])B(B([B])[B])B([BH3-])[BH3-]. The lowest BCUT2D eigenvalue weighted by Gasteiger charge is -2.51. The van der Waals surface area contributed by atoms with E-state index in [1.54, 1.807) is 0 Å². The van der Waals surface area contributed by atoms with Gasteiger partial charge in [0, 0.05) is 0 Å². The number of hydrogen-bond acceptors (Lipinski definition) is 0. The molecule has 0 atom stereocenters. The molecule has 0 rings (SSSR count). The molecule has 0 N–H and O–H groups in total. The van der Waals surface area contributed by atoms with Crippen molar-refractivity contribution in [3.63, 3.8) is 0 Å². The van der Waals surface area contributed by atoms with Crippen molar-refractivity contribution in [3.05, 3.63) is 0 Å². The molecule has 0 fully saturated rings. The van der Waals surface area contributed by atoms with E-state index in [0.717, 1.165) is 0 Å². The van der Waals surface area contributed by atoms with Crippen molar-refractivity contribution in [2.75, 3.05) is 0 Å². The van der Waals surface area contributed by atoms with E-state index in [-0.39, 0.29) is 48.8 Å². The Hall–Kier alpha value is 1.75. The molecule has 0 amide bonds. The van der Waals surface area contributed by atoms with Crippen LogP contribution in [0, 0.1) is 0 Å². The summed E-state index contributed by atoms with van der Waals surface area (Å²) in [7, 11) is 70.0. The minimum absolute atomic E-state index is 0.0272. The lowest BCUT2D eigenvalue weighted by Crippen LogP contribution is -2.86. The van der Waals surface area contributed by atoms with E-state index in [4.69, 9.17) is 85.1 Å². The van der Waals surface area contributed by atoms with Crippen LogP contribution >= 0.6 is 0 Å². The molecule has 27 heavy (non-hydrogen) atoms. The summed E-state index contributed by atoms with van der Waals surface area (Å²) in [5.74, 6) is 0. The largest absolute Gasteiger partial charge is 0.262 e. The minimum atomic E-state index is -0.811. The molecule has 0 nitrogen and oxygen atoms in total. The van der Waals surface area contributed by atoms with Crippen molar-refractivity contribution in [1.82, 2.24) is 0 Å². The van der Waals surface area contributed by atoms with E-state index in [2.05, 4.69) is 7.06 Å². The molecule has 93 valence electrons. The zero-order valence-electron chi connectivity index (χ0n) is 13.9.